The van der Waals surface area contributed by atoms with Gasteiger partial charge in [-0.05, 0) is 36.8 Å². The van der Waals surface area contributed by atoms with Gasteiger partial charge in [-0.1, -0.05) is 18.1 Å². The molecule has 1 aromatic carbocycles. The van der Waals surface area contributed by atoms with Crippen LogP contribution in [0.15, 0.2) is 24.3 Å². The number of thiocarbonyl (C=S) groups is 1. The number of benzene rings is 1. The molecule has 3 nitrogen and oxygen atoms in total. The van der Waals surface area contributed by atoms with Crippen molar-refractivity contribution in [2.24, 2.45) is 0 Å². The van der Waals surface area contributed by atoms with Crippen molar-refractivity contribution in [3.63, 3.8) is 0 Å². The highest BCUT2D eigenvalue weighted by atomic mass is 32.1. The summed E-state index contributed by atoms with van der Waals surface area (Å²) in [5.74, 6) is 2.38. The molecule has 0 aliphatic carbocycles. The van der Waals surface area contributed by atoms with E-state index in [2.05, 4.69) is 16.6 Å². The van der Waals surface area contributed by atoms with Gasteiger partial charge in [0.2, 0.25) is 5.91 Å². The lowest BCUT2D eigenvalue weighted by Crippen LogP contribution is -2.39. The Morgan fingerprint density at radius 3 is 2.94 bits per heavy atom. The standard InChI is InChI=1S/C13H14N2OS/c1-3-10-6-5-7-11(8-10)9-12(16)15-13(17)14-4-2/h1,5-8H,4,9H2,2H3,(H2,14,15,16,17). The fraction of sp³-hybridized carbons (Fsp3) is 0.231. The minimum absolute atomic E-state index is 0.148. The summed E-state index contributed by atoms with van der Waals surface area (Å²) in [5, 5.41) is 5.80. The monoisotopic (exact) mass is 246 g/mol. The molecule has 0 heterocycles. The lowest BCUT2D eigenvalue weighted by atomic mass is 10.1. The van der Waals surface area contributed by atoms with Crippen molar-refractivity contribution in [3.05, 3.63) is 35.4 Å². The second-order valence-corrected chi connectivity index (χ2v) is 3.84. The third-order valence-electron chi connectivity index (χ3n) is 2.05. The summed E-state index contributed by atoms with van der Waals surface area (Å²) in [4.78, 5) is 11.6. The van der Waals surface area contributed by atoms with Crippen LogP contribution in [-0.4, -0.2) is 17.6 Å². The molecule has 0 spiro atoms. The largest absolute Gasteiger partial charge is 0.363 e. The van der Waals surface area contributed by atoms with Gasteiger partial charge >= 0.3 is 0 Å². The van der Waals surface area contributed by atoms with Crippen LogP contribution < -0.4 is 10.6 Å². The normalized spacial score (nSPS) is 9.18. The lowest BCUT2D eigenvalue weighted by molar-refractivity contribution is -0.119. The Bertz CT molecular complexity index is 463. The van der Waals surface area contributed by atoms with Crippen molar-refractivity contribution in [1.29, 1.82) is 0 Å². The maximum absolute atomic E-state index is 11.6. The fourth-order valence-electron chi connectivity index (χ4n) is 1.33. The van der Waals surface area contributed by atoms with Crippen LogP contribution in [0, 0.1) is 12.3 Å². The van der Waals surface area contributed by atoms with Gasteiger partial charge in [0.1, 0.15) is 0 Å². The van der Waals surface area contributed by atoms with Gasteiger partial charge in [-0.25, -0.2) is 0 Å². The Kier molecular flexibility index (Phi) is 5.18. The van der Waals surface area contributed by atoms with Gasteiger partial charge in [-0.15, -0.1) is 6.42 Å². The van der Waals surface area contributed by atoms with E-state index in [1.54, 1.807) is 0 Å². The first kappa shape index (κ1) is 13.2. The number of rotatable bonds is 3. The van der Waals surface area contributed by atoms with Gasteiger partial charge in [0.15, 0.2) is 5.11 Å². The van der Waals surface area contributed by atoms with Crippen LogP contribution in [0.25, 0.3) is 0 Å². The van der Waals surface area contributed by atoms with Crippen molar-refractivity contribution in [2.45, 2.75) is 13.3 Å². The molecule has 1 amide bonds. The first-order valence-corrected chi connectivity index (χ1v) is 5.69. The van der Waals surface area contributed by atoms with Crippen LogP contribution >= 0.6 is 12.2 Å². The maximum Gasteiger partial charge on any atom is 0.230 e. The van der Waals surface area contributed by atoms with Crippen LogP contribution in [-0.2, 0) is 11.2 Å². The van der Waals surface area contributed by atoms with E-state index in [0.29, 0.717) is 11.7 Å². The quantitative estimate of drug-likeness (QED) is 0.622. The molecule has 0 fully saturated rings. The maximum atomic E-state index is 11.6. The number of hydrogen-bond donors (Lipinski definition) is 2. The Balaban J connectivity index is 2.56. The molecule has 4 heteroatoms. The summed E-state index contributed by atoms with van der Waals surface area (Å²) < 4.78 is 0. The summed E-state index contributed by atoms with van der Waals surface area (Å²) in [7, 11) is 0. The van der Waals surface area contributed by atoms with Gasteiger partial charge in [-0.2, -0.15) is 0 Å². The van der Waals surface area contributed by atoms with Crippen LogP contribution in [0.2, 0.25) is 0 Å². The molecule has 0 saturated carbocycles. The first-order valence-electron chi connectivity index (χ1n) is 5.29. The summed E-state index contributed by atoms with van der Waals surface area (Å²) in [6.07, 6.45) is 5.55. The molecular weight excluding hydrogens is 232 g/mol. The Morgan fingerprint density at radius 2 is 2.29 bits per heavy atom. The molecule has 0 atom stereocenters. The van der Waals surface area contributed by atoms with Crippen molar-refractivity contribution < 1.29 is 4.79 Å². The fourth-order valence-corrected chi connectivity index (χ4v) is 1.59. The number of carbonyl (C=O) groups is 1. The molecule has 1 rings (SSSR count). The van der Waals surface area contributed by atoms with E-state index in [1.807, 2.05) is 31.2 Å². The Morgan fingerprint density at radius 1 is 1.53 bits per heavy atom. The topological polar surface area (TPSA) is 41.1 Å². The van der Waals surface area contributed by atoms with E-state index in [0.717, 1.165) is 11.1 Å². The summed E-state index contributed by atoms with van der Waals surface area (Å²) in [5.41, 5.74) is 1.64. The number of nitrogens with one attached hydrogen (secondary N) is 2. The summed E-state index contributed by atoms with van der Waals surface area (Å²) >= 11 is 4.92. The molecule has 0 unspecified atom stereocenters. The molecule has 17 heavy (non-hydrogen) atoms. The first-order chi connectivity index (χ1) is 8.15. The van der Waals surface area contributed by atoms with E-state index in [4.69, 9.17) is 18.6 Å². The molecule has 1 aromatic rings. The van der Waals surface area contributed by atoms with Crippen LogP contribution in [0.5, 0.6) is 0 Å². The predicted octanol–water partition coefficient (Wildman–Crippen LogP) is 1.22. The van der Waals surface area contributed by atoms with Gasteiger partial charge in [0, 0.05) is 12.1 Å². The molecule has 0 aliphatic heterocycles. The second kappa shape index (κ2) is 6.66. The zero-order chi connectivity index (χ0) is 12.7. The smallest absolute Gasteiger partial charge is 0.230 e. The van der Waals surface area contributed by atoms with Crippen molar-refractivity contribution in [3.8, 4) is 12.3 Å². The zero-order valence-corrected chi connectivity index (χ0v) is 10.4. The molecule has 0 radical (unpaired) electrons. The Labute approximate surface area is 107 Å². The van der Waals surface area contributed by atoms with Gasteiger partial charge in [-0.3, -0.25) is 4.79 Å². The van der Waals surface area contributed by atoms with Gasteiger partial charge in [0.05, 0.1) is 6.42 Å². The van der Waals surface area contributed by atoms with E-state index >= 15 is 0 Å². The number of hydrogen-bond acceptors (Lipinski definition) is 2. The molecular formula is C13H14N2OS. The highest BCUT2D eigenvalue weighted by Crippen LogP contribution is 2.04. The Hall–Kier alpha value is -1.86. The lowest BCUT2D eigenvalue weighted by Gasteiger charge is -2.07. The van der Waals surface area contributed by atoms with Crippen molar-refractivity contribution in [1.82, 2.24) is 10.6 Å². The SMILES string of the molecule is C#Cc1cccc(CC(=O)NC(=S)NCC)c1. The number of carbonyl (C=O) groups excluding carboxylic acids is 1. The molecule has 0 bridgehead atoms. The van der Waals surface area contributed by atoms with Crippen LogP contribution in [0.4, 0.5) is 0 Å². The second-order valence-electron chi connectivity index (χ2n) is 3.43. The third kappa shape index (κ3) is 4.66. The van der Waals surface area contributed by atoms with Crippen molar-refractivity contribution in [2.75, 3.05) is 6.54 Å². The number of amides is 1. The highest BCUT2D eigenvalue weighted by molar-refractivity contribution is 7.80. The van der Waals surface area contributed by atoms with Gasteiger partial charge in [0.25, 0.3) is 0 Å². The average molecular weight is 246 g/mol. The zero-order valence-electron chi connectivity index (χ0n) is 9.62. The van der Waals surface area contributed by atoms with Crippen LogP contribution in [0.3, 0.4) is 0 Å². The van der Waals surface area contributed by atoms with E-state index < -0.39 is 0 Å². The van der Waals surface area contributed by atoms with E-state index in [-0.39, 0.29) is 12.3 Å². The third-order valence-corrected chi connectivity index (χ3v) is 2.30. The minimum atomic E-state index is -0.148. The van der Waals surface area contributed by atoms with Crippen molar-refractivity contribution >= 4 is 23.2 Å². The highest BCUT2D eigenvalue weighted by Gasteiger charge is 2.05. The minimum Gasteiger partial charge on any atom is -0.363 e. The number of terminal acetylenes is 1. The average Bonchev–Trinajstić information content (AvgIpc) is 2.29. The summed E-state index contributed by atoms with van der Waals surface area (Å²) in [6, 6.07) is 7.33. The molecule has 0 aliphatic rings. The molecule has 2 N–H and O–H groups in total. The molecule has 88 valence electrons. The van der Waals surface area contributed by atoms with Gasteiger partial charge < -0.3 is 10.6 Å². The summed E-state index contributed by atoms with van der Waals surface area (Å²) in [6.45, 7) is 2.60. The molecule has 0 saturated heterocycles. The molecule has 0 aromatic heterocycles. The predicted molar refractivity (Wildman–Crippen MR) is 72.5 cm³/mol. The van der Waals surface area contributed by atoms with Crippen LogP contribution in [0.1, 0.15) is 18.1 Å². The van der Waals surface area contributed by atoms with E-state index in [1.165, 1.54) is 0 Å². The van der Waals surface area contributed by atoms with E-state index in [9.17, 15) is 4.79 Å².